The molecule has 0 aliphatic heterocycles. The third-order valence-corrected chi connectivity index (χ3v) is 7.05. The minimum Gasteiger partial charge on any atom is -0.299 e. The normalized spacial score (nSPS) is 11.5. The third-order valence-electron chi connectivity index (χ3n) is 4.76. The molecular formula is C23H28O4S. The fourth-order valence-electron chi connectivity index (χ4n) is 2.88. The first kappa shape index (κ1) is 22.0. The molecule has 2 rings (SSSR count). The molecule has 0 atom stereocenters. The van der Waals surface area contributed by atoms with Crippen molar-refractivity contribution in [3.05, 3.63) is 71.3 Å². The molecule has 150 valence electrons. The van der Waals surface area contributed by atoms with Crippen LogP contribution in [0, 0.1) is 0 Å². The highest BCUT2D eigenvalue weighted by molar-refractivity contribution is 7.91. The van der Waals surface area contributed by atoms with Crippen LogP contribution in [0.5, 0.6) is 0 Å². The topological polar surface area (TPSA) is 68.3 Å². The Labute approximate surface area is 167 Å². The average Bonchev–Trinajstić information content (AvgIpc) is 2.68. The van der Waals surface area contributed by atoms with Crippen LogP contribution in [-0.4, -0.2) is 31.0 Å². The summed E-state index contributed by atoms with van der Waals surface area (Å²) in [6.07, 6.45) is 2.83. The molecule has 28 heavy (non-hydrogen) atoms. The zero-order valence-electron chi connectivity index (χ0n) is 16.6. The number of rotatable bonds is 11. The van der Waals surface area contributed by atoms with Crippen molar-refractivity contribution in [1.82, 2.24) is 0 Å². The minimum absolute atomic E-state index is 0.0326. The van der Waals surface area contributed by atoms with Gasteiger partial charge in [0.25, 0.3) is 0 Å². The maximum absolute atomic E-state index is 12.4. The monoisotopic (exact) mass is 400 g/mol. The molecule has 0 N–H and O–H groups in total. The predicted molar refractivity (Wildman–Crippen MR) is 112 cm³/mol. The lowest BCUT2D eigenvalue weighted by molar-refractivity contribution is -0.118. The fourth-order valence-corrected chi connectivity index (χ4v) is 3.96. The van der Waals surface area contributed by atoms with Crippen molar-refractivity contribution in [2.24, 2.45) is 0 Å². The molecule has 0 unspecified atom stereocenters. The first-order valence-corrected chi connectivity index (χ1v) is 11.4. The highest BCUT2D eigenvalue weighted by Crippen LogP contribution is 2.13. The number of benzene rings is 2. The number of Topliss-reactive ketones (excluding diaryl/α,β-unsaturated/α-hetero) is 1. The Bertz CT molecular complexity index is 882. The summed E-state index contributed by atoms with van der Waals surface area (Å²) in [6, 6.07) is 16.3. The lowest BCUT2D eigenvalue weighted by atomic mass is 9.99. The van der Waals surface area contributed by atoms with E-state index in [1.165, 1.54) is 0 Å². The molecule has 0 radical (unpaired) electrons. The van der Waals surface area contributed by atoms with Crippen LogP contribution in [0.4, 0.5) is 0 Å². The molecule has 0 saturated heterocycles. The molecule has 0 spiro atoms. The number of unbranched alkanes of at least 4 members (excludes halogenated alkanes) is 2. The van der Waals surface area contributed by atoms with E-state index in [1.54, 1.807) is 38.1 Å². The minimum atomic E-state index is -2.99. The average molecular weight is 401 g/mol. The van der Waals surface area contributed by atoms with E-state index in [4.69, 9.17) is 0 Å². The number of ketones is 2. The molecular weight excluding hydrogens is 372 g/mol. The Hall–Kier alpha value is -2.27. The summed E-state index contributed by atoms with van der Waals surface area (Å²) in [5.41, 5.74) is 2.14. The largest absolute Gasteiger partial charge is 0.299 e. The Balaban J connectivity index is 1.76. The zero-order chi connectivity index (χ0) is 20.6. The molecule has 4 nitrogen and oxygen atoms in total. The molecule has 0 fully saturated rings. The van der Waals surface area contributed by atoms with Gasteiger partial charge in [-0.15, -0.1) is 0 Å². The van der Waals surface area contributed by atoms with Crippen LogP contribution in [0.15, 0.2) is 54.6 Å². The Morgan fingerprint density at radius 1 is 0.821 bits per heavy atom. The van der Waals surface area contributed by atoms with Crippen LogP contribution < -0.4 is 0 Å². The van der Waals surface area contributed by atoms with Gasteiger partial charge in [0.1, 0.15) is 5.78 Å². The van der Waals surface area contributed by atoms with Crippen LogP contribution in [0.25, 0.3) is 0 Å². The highest BCUT2D eigenvalue weighted by Gasteiger charge is 2.15. The van der Waals surface area contributed by atoms with Crippen molar-refractivity contribution in [3.63, 3.8) is 0 Å². The van der Waals surface area contributed by atoms with Gasteiger partial charge in [-0.3, -0.25) is 9.59 Å². The summed E-state index contributed by atoms with van der Waals surface area (Å²) >= 11 is 0. The van der Waals surface area contributed by atoms with Crippen LogP contribution in [-0.2, 0) is 21.1 Å². The Morgan fingerprint density at radius 3 is 2.04 bits per heavy atom. The van der Waals surface area contributed by atoms with Crippen molar-refractivity contribution in [2.75, 3.05) is 5.75 Å². The van der Waals surface area contributed by atoms with Gasteiger partial charge >= 0.3 is 0 Å². The number of carbonyl (C=O) groups is 2. The summed E-state index contributed by atoms with van der Waals surface area (Å²) < 4.78 is 23.5. The Morgan fingerprint density at radius 2 is 1.43 bits per heavy atom. The lowest BCUT2D eigenvalue weighted by Crippen LogP contribution is -2.17. The van der Waals surface area contributed by atoms with E-state index >= 15 is 0 Å². The second kappa shape index (κ2) is 10.3. The molecule has 5 heteroatoms. The molecule has 0 aliphatic rings. The molecule has 2 aromatic rings. The van der Waals surface area contributed by atoms with Gasteiger partial charge in [0.05, 0.1) is 11.0 Å². The van der Waals surface area contributed by atoms with E-state index in [1.807, 2.05) is 30.3 Å². The highest BCUT2D eigenvalue weighted by atomic mass is 32.2. The second-order valence-electron chi connectivity index (χ2n) is 7.33. The molecule has 0 heterocycles. The summed E-state index contributed by atoms with van der Waals surface area (Å²) in [5, 5.41) is -0.342. The van der Waals surface area contributed by atoms with E-state index in [-0.39, 0.29) is 22.6 Å². The van der Waals surface area contributed by atoms with E-state index in [2.05, 4.69) is 0 Å². The van der Waals surface area contributed by atoms with Crippen LogP contribution >= 0.6 is 0 Å². The maximum atomic E-state index is 12.4. The number of hydrogen-bond acceptors (Lipinski definition) is 4. The van der Waals surface area contributed by atoms with Crippen molar-refractivity contribution < 1.29 is 18.0 Å². The lowest BCUT2D eigenvalue weighted by Gasteiger charge is -2.07. The molecule has 0 aromatic heterocycles. The van der Waals surface area contributed by atoms with Gasteiger partial charge < -0.3 is 0 Å². The molecule has 0 bridgehead atoms. The van der Waals surface area contributed by atoms with Gasteiger partial charge in [-0.1, -0.05) is 61.0 Å². The molecule has 0 aliphatic carbocycles. The number of hydrogen-bond donors (Lipinski definition) is 0. The van der Waals surface area contributed by atoms with Crippen molar-refractivity contribution in [2.45, 2.75) is 51.2 Å². The fraction of sp³-hybridized carbons (Fsp3) is 0.391. The Kier molecular flexibility index (Phi) is 8.12. The standard InChI is InChI=1S/C23H28O4S/c1-18(2)28(26,27)16-8-4-7-11-22(24)17-19-12-14-21(15-13-19)23(25)20-9-5-3-6-10-20/h3,5-6,9-10,12-15,18H,4,7-8,11,16-17H2,1-2H3. The predicted octanol–water partition coefficient (Wildman–Crippen LogP) is 4.41. The first-order valence-electron chi connectivity index (χ1n) is 9.71. The van der Waals surface area contributed by atoms with Crippen LogP contribution in [0.1, 0.15) is 61.0 Å². The van der Waals surface area contributed by atoms with Crippen LogP contribution in [0.3, 0.4) is 0 Å². The van der Waals surface area contributed by atoms with E-state index in [9.17, 15) is 18.0 Å². The SMILES string of the molecule is CC(C)S(=O)(=O)CCCCCC(=O)Cc1ccc(C(=O)c2ccccc2)cc1. The summed E-state index contributed by atoms with van der Waals surface area (Å²) in [5.74, 6) is 0.291. The molecule has 2 aromatic carbocycles. The molecule has 0 saturated carbocycles. The van der Waals surface area contributed by atoms with Gasteiger partial charge in [0, 0.05) is 24.0 Å². The van der Waals surface area contributed by atoms with Crippen molar-refractivity contribution in [3.8, 4) is 0 Å². The smallest absolute Gasteiger partial charge is 0.193 e. The zero-order valence-corrected chi connectivity index (χ0v) is 17.4. The summed E-state index contributed by atoms with van der Waals surface area (Å²) in [4.78, 5) is 24.5. The van der Waals surface area contributed by atoms with Crippen molar-refractivity contribution >= 4 is 21.4 Å². The van der Waals surface area contributed by atoms with E-state index < -0.39 is 9.84 Å². The second-order valence-corrected chi connectivity index (χ2v) is 10.0. The van der Waals surface area contributed by atoms with Crippen molar-refractivity contribution in [1.29, 1.82) is 0 Å². The van der Waals surface area contributed by atoms with Crippen LogP contribution in [0.2, 0.25) is 0 Å². The molecule has 0 amide bonds. The third kappa shape index (κ3) is 6.71. The first-order chi connectivity index (χ1) is 13.3. The quantitative estimate of drug-likeness (QED) is 0.414. The van der Waals surface area contributed by atoms with Gasteiger partial charge in [0.15, 0.2) is 15.6 Å². The van der Waals surface area contributed by atoms with Gasteiger partial charge in [-0.05, 0) is 32.3 Å². The maximum Gasteiger partial charge on any atom is 0.193 e. The van der Waals surface area contributed by atoms with E-state index in [0.717, 1.165) is 12.0 Å². The van der Waals surface area contributed by atoms with Gasteiger partial charge in [-0.25, -0.2) is 8.42 Å². The summed E-state index contributed by atoms with van der Waals surface area (Å²) in [7, 11) is -2.99. The number of sulfone groups is 1. The van der Waals surface area contributed by atoms with Gasteiger partial charge in [0.2, 0.25) is 0 Å². The van der Waals surface area contributed by atoms with E-state index in [0.29, 0.717) is 36.8 Å². The number of carbonyl (C=O) groups excluding carboxylic acids is 2. The van der Waals surface area contributed by atoms with Gasteiger partial charge in [-0.2, -0.15) is 0 Å². The summed E-state index contributed by atoms with van der Waals surface area (Å²) in [6.45, 7) is 3.38.